The van der Waals surface area contributed by atoms with Crippen molar-refractivity contribution < 1.29 is 29.2 Å². The standard InChI is InChI=1S/C9H12FN3O5/c10-4-1-13(12-8(4)11-3-15)9-7(17)6(16)5(2-14)18-9/h1,3,5-7,9,14,16-17H,2H2,(H,11,12,15)/t5-,6-,7-,9-/m1/s1. The smallest absolute Gasteiger partial charge is 0.212 e. The number of aromatic nitrogens is 2. The molecule has 4 N–H and O–H groups in total. The third-order valence-electron chi connectivity index (χ3n) is 2.66. The topological polar surface area (TPSA) is 117 Å². The quantitative estimate of drug-likeness (QED) is 0.475. The van der Waals surface area contributed by atoms with E-state index in [1.807, 2.05) is 5.32 Å². The molecule has 100 valence electrons. The van der Waals surface area contributed by atoms with Gasteiger partial charge in [-0.25, -0.2) is 9.07 Å². The Labute approximate surface area is 101 Å². The van der Waals surface area contributed by atoms with Crippen LogP contribution in [0.2, 0.25) is 0 Å². The first-order chi connectivity index (χ1) is 8.58. The molecule has 1 aromatic heterocycles. The first-order valence-electron chi connectivity index (χ1n) is 5.15. The number of anilines is 1. The molecule has 0 spiro atoms. The second-order valence-electron chi connectivity index (χ2n) is 3.80. The molecule has 9 heteroatoms. The van der Waals surface area contributed by atoms with Crippen LogP contribution >= 0.6 is 0 Å². The molecule has 0 saturated carbocycles. The van der Waals surface area contributed by atoms with Gasteiger partial charge in [0.15, 0.2) is 17.9 Å². The zero-order valence-corrected chi connectivity index (χ0v) is 9.10. The molecular weight excluding hydrogens is 249 g/mol. The zero-order chi connectivity index (χ0) is 13.3. The SMILES string of the molecule is O=CNc1nn([C@@H]2O[C@H](CO)[C@@H](O)[C@H]2O)cc1F. The number of hydrogen-bond acceptors (Lipinski definition) is 6. The lowest BCUT2D eigenvalue weighted by Gasteiger charge is -2.14. The predicted molar refractivity (Wildman–Crippen MR) is 54.9 cm³/mol. The Balaban J connectivity index is 2.21. The van der Waals surface area contributed by atoms with Crippen molar-refractivity contribution in [1.82, 2.24) is 9.78 Å². The largest absolute Gasteiger partial charge is 0.394 e. The van der Waals surface area contributed by atoms with E-state index in [0.717, 1.165) is 10.9 Å². The molecule has 0 aromatic carbocycles. The van der Waals surface area contributed by atoms with Gasteiger partial charge in [0.05, 0.1) is 12.8 Å². The van der Waals surface area contributed by atoms with Gasteiger partial charge in [-0.1, -0.05) is 0 Å². The van der Waals surface area contributed by atoms with Crippen LogP contribution in [-0.2, 0) is 9.53 Å². The van der Waals surface area contributed by atoms with Crippen LogP contribution in [0.1, 0.15) is 6.23 Å². The summed E-state index contributed by atoms with van der Waals surface area (Å²) in [6.07, 6.45) is -3.59. The second kappa shape index (κ2) is 4.98. The molecule has 0 radical (unpaired) electrons. The van der Waals surface area contributed by atoms with Crippen molar-refractivity contribution in [2.75, 3.05) is 11.9 Å². The van der Waals surface area contributed by atoms with Gasteiger partial charge >= 0.3 is 0 Å². The number of carbonyl (C=O) groups excluding carboxylic acids is 1. The summed E-state index contributed by atoms with van der Waals surface area (Å²) in [7, 11) is 0. The Bertz CT molecular complexity index is 440. The fourth-order valence-electron chi connectivity index (χ4n) is 1.75. The lowest BCUT2D eigenvalue weighted by molar-refractivity contribution is -0.105. The lowest BCUT2D eigenvalue weighted by atomic mass is 10.1. The van der Waals surface area contributed by atoms with E-state index >= 15 is 0 Å². The van der Waals surface area contributed by atoms with Gasteiger partial charge in [-0.2, -0.15) is 0 Å². The highest BCUT2D eigenvalue weighted by molar-refractivity contribution is 5.68. The van der Waals surface area contributed by atoms with Crippen LogP contribution in [0.5, 0.6) is 0 Å². The molecule has 1 aromatic rings. The van der Waals surface area contributed by atoms with Gasteiger partial charge in [-0.05, 0) is 0 Å². The molecule has 8 nitrogen and oxygen atoms in total. The van der Waals surface area contributed by atoms with Crippen LogP contribution in [-0.4, -0.2) is 56.4 Å². The van der Waals surface area contributed by atoms with E-state index in [1.54, 1.807) is 0 Å². The van der Waals surface area contributed by atoms with E-state index in [9.17, 15) is 19.4 Å². The average molecular weight is 261 g/mol. The van der Waals surface area contributed by atoms with Crippen LogP contribution in [0.25, 0.3) is 0 Å². The summed E-state index contributed by atoms with van der Waals surface area (Å²) in [5, 5.41) is 33.8. The number of nitrogens with one attached hydrogen (secondary N) is 1. The fourth-order valence-corrected chi connectivity index (χ4v) is 1.75. The Morgan fingerprint density at radius 3 is 2.83 bits per heavy atom. The number of amides is 1. The number of ether oxygens (including phenoxy) is 1. The zero-order valence-electron chi connectivity index (χ0n) is 9.10. The Morgan fingerprint density at radius 1 is 1.56 bits per heavy atom. The summed E-state index contributed by atoms with van der Waals surface area (Å²) < 4.78 is 19.4. The van der Waals surface area contributed by atoms with E-state index < -0.39 is 37.0 Å². The molecule has 2 heterocycles. The van der Waals surface area contributed by atoms with Crippen molar-refractivity contribution in [1.29, 1.82) is 0 Å². The number of aliphatic hydroxyl groups is 3. The molecule has 18 heavy (non-hydrogen) atoms. The number of hydrogen-bond donors (Lipinski definition) is 4. The molecule has 0 unspecified atom stereocenters. The number of rotatable bonds is 4. The van der Waals surface area contributed by atoms with Gasteiger partial charge < -0.3 is 25.4 Å². The van der Waals surface area contributed by atoms with Crippen molar-refractivity contribution in [2.45, 2.75) is 24.5 Å². The minimum absolute atomic E-state index is 0.257. The molecule has 0 bridgehead atoms. The van der Waals surface area contributed by atoms with Gasteiger partial charge in [-0.15, -0.1) is 5.10 Å². The minimum Gasteiger partial charge on any atom is -0.394 e. The van der Waals surface area contributed by atoms with E-state index in [1.165, 1.54) is 0 Å². The summed E-state index contributed by atoms with van der Waals surface area (Å²) >= 11 is 0. The number of halogens is 1. The van der Waals surface area contributed by atoms with E-state index in [-0.39, 0.29) is 12.2 Å². The van der Waals surface area contributed by atoms with Crippen molar-refractivity contribution in [3.8, 4) is 0 Å². The molecule has 1 fully saturated rings. The van der Waals surface area contributed by atoms with Crippen LogP contribution < -0.4 is 5.32 Å². The molecule has 1 amide bonds. The Hall–Kier alpha value is -1.55. The van der Waals surface area contributed by atoms with Crippen LogP contribution in [0.4, 0.5) is 10.2 Å². The molecule has 4 atom stereocenters. The second-order valence-corrected chi connectivity index (χ2v) is 3.80. The highest BCUT2D eigenvalue weighted by Gasteiger charge is 2.44. The summed E-state index contributed by atoms with van der Waals surface area (Å²) in [5.41, 5.74) is 0. The Kier molecular flexibility index (Phi) is 3.57. The third kappa shape index (κ3) is 2.08. The van der Waals surface area contributed by atoms with Gasteiger partial charge in [-0.3, -0.25) is 4.79 Å². The molecule has 1 aliphatic heterocycles. The average Bonchev–Trinajstić information content (AvgIpc) is 2.84. The lowest BCUT2D eigenvalue weighted by Crippen LogP contribution is -2.33. The van der Waals surface area contributed by atoms with E-state index in [0.29, 0.717) is 0 Å². The summed E-state index contributed by atoms with van der Waals surface area (Å²) in [6.45, 7) is -0.488. The maximum absolute atomic E-state index is 13.3. The van der Waals surface area contributed by atoms with Crippen molar-refractivity contribution in [2.24, 2.45) is 0 Å². The van der Waals surface area contributed by atoms with Crippen molar-refractivity contribution in [3.63, 3.8) is 0 Å². The van der Waals surface area contributed by atoms with Crippen LogP contribution in [0.15, 0.2) is 6.20 Å². The highest BCUT2D eigenvalue weighted by atomic mass is 19.1. The first kappa shape index (κ1) is 12.9. The molecule has 0 aliphatic carbocycles. The van der Waals surface area contributed by atoms with Crippen LogP contribution in [0, 0.1) is 5.82 Å². The molecule has 1 aliphatic rings. The number of carbonyl (C=O) groups is 1. The summed E-state index contributed by atoms with van der Waals surface area (Å²) in [5.74, 6) is -1.12. The summed E-state index contributed by atoms with van der Waals surface area (Å²) in [4.78, 5) is 10.2. The highest BCUT2D eigenvalue weighted by Crippen LogP contribution is 2.29. The summed E-state index contributed by atoms with van der Waals surface area (Å²) in [6, 6.07) is 0. The van der Waals surface area contributed by atoms with Gasteiger partial charge in [0, 0.05) is 0 Å². The minimum atomic E-state index is -1.36. The van der Waals surface area contributed by atoms with E-state index in [4.69, 9.17) is 9.84 Å². The maximum atomic E-state index is 13.3. The van der Waals surface area contributed by atoms with Gasteiger partial charge in [0.1, 0.15) is 18.3 Å². The fraction of sp³-hybridized carbons (Fsp3) is 0.556. The van der Waals surface area contributed by atoms with Crippen LogP contribution in [0.3, 0.4) is 0 Å². The van der Waals surface area contributed by atoms with Crippen molar-refractivity contribution >= 4 is 12.2 Å². The molecular formula is C9H12FN3O5. The number of nitrogens with zero attached hydrogens (tertiary/aromatic N) is 2. The third-order valence-corrected chi connectivity index (χ3v) is 2.66. The normalized spacial score (nSPS) is 31.6. The van der Waals surface area contributed by atoms with Gasteiger partial charge in [0.2, 0.25) is 6.41 Å². The van der Waals surface area contributed by atoms with E-state index in [2.05, 4.69) is 5.10 Å². The first-order valence-corrected chi connectivity index (χ1v) is 5.15. The van der Waals surface area contributed by atoms with Gasteiger partial charge in [0.25, 0.3) is 0 Å². The monoisotopic (exact) mass is 261 g/mol. The predicted octanol–water partition coefficient (Wildman–Crippen LogP) is -1.80. The van der Waals surface area contributed by atoms with Crippen molar-refractivity contribution in [3.05, 3.63) is 12.0 Å². The maximum Gasteiger partial charge on any atom is 0.212 e. The number of aliphatic hydroxyl groups excluding tert-OH is 3. The molecule has 1 saturated heterocycles. The molecule has 2 rings (SSSR count). The Morgan fingerprint density at radius 2 is 2.28 bits per heavy atom.